The van der Waals surface area contributed by atoms with E-state index in [0.717, 1.165) is 30.4 Å². The fraction of sp³-hybridized carbons (Fsp3) is 0.400. The molecule has 6 nitrogen and oxygen atoms in total. The van der Waals surface area contributed by atoms with Gasteiger partial charge in [-0.15, -0.1) is 0 Å². The summed E-state index contributed by atoms with van der Waals surface area (Å²) in [5, 5.41) is 2.93. The standard InChI is InChI=1S/C20H23N3O3/c24-20(15-7-8-19(22-13-15)23-11-3-4-12-23)21-10-9-16-14-25-17-5-1-2-6-18(17)26-16/h1-2,5-8,13,16H,3-4,9-12,14H2,(H,21,24)/t16-/m1/s1. The van der Waals surface area contributed by atoms with Crippen molar-refractivity contribution in [3.63, 3.8) is 0 Å². The molecule has 0 aliphatic carbocycles. The van der Waals surface area contributed by atoms with Gasteiger partial charge in [0.25, 0.3) is 5.91 Å². The van der Waals surface area contributed by atoms with Crippen molar-refractivity contribution in [2.24, 2.45) is 0 Å². The van der Waals surface area contributed by atoms with Crippen LogP contribution in [-0.4, -0.2) is 43.2 Å². The van der Waals surface area contributed by atoms with Crippen LogP contribution in [0.25, 0.3) is 0 Å². The smallest absolute Gasteiger partial charge is 0.252 e. The Kier molecular flexibility index (Phi) is 4.91. The van der Waals surface area contributed by atoms with Gasteiger partial charge in [-0.3, -0.25) is 4.79 Å². The van der Waals surface area contributed by atoms with Crippen molar-refractivity contribution in [1.29, 1.82) is 0 Å². The van der Waals surface area contributed by atoms with Crippen molar-refractivity contribution in [2.45, 2.75) is 25.4 Å². The molecule has 26 heavy (non-hydrogen) atoms. The van der Waals surface area contributed by atoms with Crippen molar-refractivity contribution in [3.05, 3.63) is 48.2 Å². The van der Waals surface area contributed by atoms with Gasteiger partial charge in [0.15, 0.2) is 11.5 Å². The molecular weight excluding hydrogens is 330 g/mol. The molecule has 1 N–H and O–H groups in total. The van der Waals surface area contributed by atoms with Gasteiger partial charge >= 0.3 is 0 Å². The Morgan fingerprint density at radius 2 is 1.96 bits per heavy atom. The Balaban J connectivity index is 1.25. The number of nitrogens with zero attached hydrogens (tertiary/aromatic N) is 2. The SMILES string of the molecule is O=C(NCC[C@@H]1COc2ccccc2O1)c1ccc(N2CCCC2)nc1. The zero-order valence-corrected chi connectivity index (χ0v) is 14.7. The van der Waals surface area contributed by atoms with Crippen LogP contribution in [-0.2, 0) is 0 Å². The fourth-order valence-corrected chi connectivity index (χ4v) is 3.31. The van der Waals surface area contributed by atoms with Crippen LogP contribution in [0.4, 0.5) is 5.82 Å². The predicted octanol–water partition coefficient (Wildman–Crippen LogP) is 2.64. The summed E-state index contributed by atoms with van der Waals surface area (Å²) in [6.45, 7) is 3.12. The first kappa shape index (κ1) is 16.7. The molecule has 2 aliphatic heterocycles. The largest absolute Gasteiger partial charge is 0.486 e. The van der Waals surface area contributed by atoms with E-state index < -0.39 is 0 Å². The van der Waals surface area contributed by atoms with Crippen LogP contribution in [0.1, 0.15) is 29.6 Å². The molecule has 0 radical (unpaired) electrons. The Bertz CT molecular complexity index is 757. The lowest BCUT2D eigenvalue weighted by molar-refractivity contribution is 0.0812. The van der Waals surface area contributed by atoms with Crippen LogP contribution in [0.5, 0.6) is 11.5 Å². The average molecular weight is 353 g/mol. The van der Waals surface area contributed by atoms with Gasteiger partial charge in [0.1, 0.15) is 18.5 Å². The maximum atomic E-state index is 12.3. The van der Waals surface area contributed by atoms with Crippen molar-refractivity contribution >= 4 is 11.7 Å². The summed E-state index contributed by atoms with van der Waals surface area (Å²) in [4.78, 5) is 19.0. The minimum atomic E-state index is -0.109. The summed E-state index contributed by atoms with van der Waals surface area (Å²) in [5.74, 6) is 2.38. The third kappa shape index (κ3) is 3.74. The molecule has 2 aromatic rings. The Morgan fingerprint density at radius 3 is 2.73 bits per heavy atom. The highest BCUT2D eigenvalue weighted by Gasteiger charge is 2.20. The number of carbonyl (C=O) groups is 1. The first-order chi connectivity index (χ1) is 12.8. The van der Waals surface area contributed by atoms with Crippen LogP contribution < -0.4 is 19.7 Å². The Morgan fingerprint density at radius 1 is 1.15 bits per heavy atom. The van der Waals surface area contributed by atoms with Crippen molar-refractivity contribution < 1.29 is 14.3 Å². The summed E-state index contributed by atoms with van der Waals surface area (Å²) in [5.41, 5.74) is 0.583. The van der Waals surface area contributed by atoms with Crippen molar-refractivity contribution in [2.75, 3.05) is 31.1 Å². The summed E-state index contributed by atoms with van der Waals surface area (Å²) in [6, 6.07) is 11.4. The number of amides is 1. The molecule has 136 valence electrons. The van der Waals surface area contributed by atoms with E-state index >= 15 is 0 Å². The number of anilines is 1. The maximum absolute atomic E-state index is 12.3. The van der Waals surface area contributed by atoms with Gasteiger partial charge in [-0.1, -0.05) is 12.1 Å². The van der Waals surface area contributed by atoms with E-state index in [-0.39, 0.29) is 12.0 Å². The second-order valence-corrected chi connectivity index (χ2v) is 6.64. The lowest BCUT2D eigenvalue weighted by Gasteiger charge is -2.26. The van der Waals surface area contributed by atoms with E-state index in [1.807, 2.05) is 36.4 Å². The number of pyridine rings is 1. The van der Waals surface area contributed by atoms with E-state index in [1.54, 1.807) is 6.20 Å². The maximum Gasteiger partial charge on any atom is 0.252 e. The first-order valence-corrected chi connectivity index (χ1v) is 9.17. The normalized spacial score (nSPS) is 18.6. The fourth-order valence-electron chi connectivity index (χ4n) is 3.31. The van der Waals surface area contributed by atoms with Gasteiger partial charge in [0.05, 0.1) is 5.56 Å². The molecule has 2 aliphatic rings. The van der Waals surface area contributed by atoms with Gasteiger partial charge in [0, 0.05) is 32.3 Å². The van der Waals surface area contributed by atoms with Crippen LogP contribution in [0.15, 0.2) is 42.6 Å². The molecule has 1 saturated heterocycles. The minimum absolute atomic E-state index is 0.0548. The highest BCUT2D eigenvalue weighted by Crippen LogP contribution is 2.31. The van der Waals surface area contributed by atoms with E-state index in [9.17, 15) is 4.79 Å². The number of benzene rings is 1. The topological polar surface area (TPSA) is 63.7 Å². The number of hydrogen-bond donors (Lipinski definition) is 1. The van der Waals surface area contributed by atoms with Crippen LogP contribution in [0, 0.1) is 0 Å². The third-order valence-electron chi connectivity index (χ3n) is 4.76. The molecule has 1 fully saturated rings. The summed E-state index contributed by atoms with van der Waals surface area (Å²) in [7, 11) is 0. The van der Waals surface area contributed by atoms with Crippen LogP contribution in [0.2, 0.25) is 0 Å². The highest BCUT2D eigenvalue weighted by molar-refractivity contribution is 5.94. The van der Waals surface area contributed by atoms with E-state index in [4.69, 9.17) is 9.47 Å². The molecule has 1 atom stereocenters. The summed E-state index contributed by atoms with van der Waals surface area (Å²) >= 11 is 0. The molecular formula is C20H23N3O3. The second kappa shape index (κ2) is 7.64. The van der Waals surface area contributed by atoms with Gasteiger partial charge < -0.3 is 19.7 Å². The highest BCUT2D eigenvalue weighted by atomic mass is 16.6. The Hall–Kier alpha value is -2.76. The molecule has 1 aromatic heterocycles. The number of ether oxygens (including phenoxy) is 2. The number of nitrogens with one attached hydrogen (secondary N) is 1. The number of rotatable bonds is 5. The van der Waals surface area contributed by atoms with Crippen molar-refractivity contribution in [3.8, 4) is 11.5 Å². The lowest BCUT2D eigenvalue weighted by atomic mass is 10.2. The molecule has 0 bridgehead atoms. The van der Waals surface area contributed by atoms with Gasteiger partial charge in [-0.2, -0.15) is 0 Å². The van der Waals surface area contributed by atoms with E-state index in [0.29, 0.717) is 25.1 Å². The van der Waals surface area contributed by atoms with E-state index in [1.165, 1.54) is 12.8 Å². The second-order valence-electron chi connectivity index (χ2n) is 6.64. The number of hydrogen-bond acceptors (Lipinski definition) is 5. The monoisotopic (exact) mass is 353 g/mol. The van der Waals surface area contributed by atoms with Gasteiger partial charge in [-0.25, -0.2) is 4.98 Å². The average Bonchev–Trinajstić information content (AvgIpc) is 3.23. The quantitative estimate of drug-likeness (QED) is 0.895. The molecule has 6 heteroatoms. The molecule has 0 saturated carbocycles. The van der Waals surface area contributed by atoms with Crippen LogP contribution in [0.3, 0.4) is 0 Å². The molecule has 1 amide bonds. The summed E-state index contributed by atoms with van der Waals surface area (Å²) in [6.07, 6.45) is 4.71. The number of para-hydroxylation sites is 2. The molecule has 0 unspecified atom stereocenters. The molecule has 0 spiro atoms. The van der Waals surface area contributed by atoms with E-state index in [2.05, 4.69) is 15.2 Å². The number of fused-ring (bicyclic) bond motifs is 1. The molecule has 1 aromatic carbocycles. The molecule has 3 heterocycles. The first-order valence-electron chi connectivity index (χ1n) is 9.17. The van der Waals surface area contributed by atoms with Gasteiger partial charge in [-0.05, 0) is 37.1 Å². The molecule has 4 rings (SSSR count). The lowest BCUT2D eigenvalue weighted by Crippen LogP contribution is -2.34. The van der Waals surface area contributed by atoms with Crippen molar-refractivity contribution in [1.82, 2.24) is 10.3 Å². The summed E-state index contributed by atoms with van der Waals surface area (Å²) < 4.78 is 11.6. The van der Waals surface area contributed by atoms with Gasteiger partial charge in [0.2, 0.25) is 0 Å². The zero-order chi connectivity index (χ0) is 17.8. The zero-order valence-electron chi connectivity index (χ0n) is 14.7. The predicted molar refractivity (Wildman–Crippen MR) is 99.0 cm³/mol. The number of aromatic nitrogens is 1. The minimum Gasteiger partial charge on any atom is -0.486 e. The third-order valence-corrected chi connectivity index (χ3v) is 4.76. The Labute approximate surface area is 153 Å². The number of carbonyl (C=O) groups excluding carboxylic acids is 1. The van der Waals surface area contributed by atoms with Crippen LogP contribution >= 0.6 is 0 Å².